The average molecular weight is 314 g/mol. The van der Waals surface area contributed by atoms with Crippen molar-refractivity contribution in [2.45, 2.75) is 25.0 Å². The van der Waals surface area contributed by atoms with Gasteiger partial charge in [0.25, 0.3) is 5.91 Å². The van der Waals surface area contributed by atoms with Crippen molar-refractivity contribution in [1.82, 2.24) is 19.9 Å². The molecule has 1 amide bonds. The van der Waals surface area contributed by atoms with Crippen LogP contribution in [0.1, 0.15) is 23.7 Å². The Kier molecular flexibility index (Phi) is 4.06. The van der Waals surface area contributed by atoms with Crippen molar-refractivity contribution in [3.05, 3.63) is 42.5 Å². The molecule has 1 aliphatic rings. The molecule has 3 rings (SSSR count). The van der Waals surface area contributed by atoms with E-state index in [1.807, 2.05) is 0 Å². The largest absolute Gasteiger partial charge is 0.388 e. The Hall–Kier alpha value is -2.38. The topological polar surface area (TPSA) is 99.4 Å². The lowest BCUT2D eigenvalue weighted by Gasteiger charge is -2.39. The van der Waals surface area contributed by atoms with E-state index in [1.165, 1.54) is 17.3 Å². The Balaban J connectivity index is 1.74. The Morgan fingerprint density at radius 1 is 1.30 bits per heavy atom. The zero-order valence-electron chi connectivity index (χ0n) is 12.8. The molecule has 1 aliphatic heterocycles. The summed E-state index contributed by atoms with van der Waals surface area (Å²) in [6.07, 6.45) is 5.62. The summed E-state index contributed by atoms with van der Waals surface area (Å²) in [7, 11) is 0. The number of amides is 1. The van der Waals surface area contributed by atoms with Gasteiger partial charge in [0.1, 0.15) is 0 Å². The minimum absolute atomic E-state index is 0.0952. The van der Waals surface area contributed by atoms with E-state index in [4.69, 9.17) is 0 Å². The molecule has 0 unspecified atom stereocenters. The van der Waals surface area contributed by atoms with Crippen LogP contribution in [-0.2, 0) is 0 Å². The highest BCUT2D eigenvalue weighted by Crippen LogP contribution is 2.23. The van der Waals surface area contributed by atoms with Gasteiger partial charge in [0.05, 0.1) is 17.3 Å². The van der Waals surface area contributed by atoms with Crippen molar-refractivity contribution < 1.29 is 15.0 Å². The summed E-state index contributed by atoms with van der Waals surface area (Å²) in [5.41, 5.74) is 0.0263. The lowest BCUT2D eigenvalue weighted by Crippen LogP contribution is -2.55. The van der Waals surface area contributed by atoms with Crippen molar-refractivity contribution in [2.75, 3.05) is 13.1 Å². The monoisotopic (exact) mass is 314 g/mol. The maximum Gasteiger partial charge on any atom is 0.257 e. The number of pyridine rings is 1. The number of rotatable bonds is 2. The second kappa shape index (κ2) is 6.02. The molecule has 2 atom stereocenters. The third-order valence-electron chi connectivity index (χ3n) is 4.12. The van der Waals surface area contributed by atoms with Crippen molar-refractivity contribution in [3.63, 3.8) is 0 Å². The van der Waals surface area contributed by atoms with Crippen LogP contribution in [-0.4, -0.2) is 60.8 Å². The van der Waals surface area contributed by atoms with Gasteiger partial charge in [-0.3, -0.25) is 9.78 Å². The van der Waals surface area contributed by atoms with Gasteiger partial charge in [-0.1, -0.05) is 0 Å². The van der Waals surface area contributed by atoms with Crippen LogP contribution in [0.4, 0.5) is 0 Å². The number of likely N-dealkylation sites (tertiary alicyclic amines) is 1. The first-order chi connectivity index (χ1) is 11.0. The molecule has 2 aromatic rings. The summed E-state index contributed by atoms with van der Waals surface area (Å²) in [6, 6.07) is 3.58. The lowest BCUT2D eigenvalue weighted by atomic mass is 9.90. The molecular formula is C16H18N4O3. The van der Waals surface area contributed by atoms with Crippen LogP contribution in [0.25, 0.3) is 11.4 Å². The second-order valence-corrected chi connectivity index (χ2v) is 5.91. The highest BCUT2D eigenvalue weighted by atomic mass is 16.3. The number of hydrogen-bond donors (Lipinski definition) is 2. The zero-order valence-corrected chi connectivity index (χ0v) is 12.8. The van der Waals surface area contributed by atoms with Crippen LogP contribution in [0.5, 0.6) is 0 Å². The quantitative estimate of drug-likeness (QED) is 0.837. The molecule has 7 heteroatoms. The predicted octanol–water partition coefficient (Wildman–Crippen LogP) is 0.496. The first-order valence-electron chi connectivity index (χ1n) is 7.39. The van der Waals surface area contributed by atoms with Gasteiger partial charge in [0.2, 0.25) is 0 Å². The Morgan fingerprint density at radius 2 is 1.96 bits per heavy atom. The standard InChI is InChI=1S/C16H18N4O3/c1-16(23)4-7-20(10-13(16)21)15(22)12-8-18-14(19-9-12)11-2-5-17-6-3-11/h2-3,5-6,8-9,13,21,23H,4,7,10H2,1H3/t13-,16+/m0/s1. The molecule has 1 saturated heterocycles. The highest BCUT2D eigenvalue weighted by Gasteiger charge is 2.38. The number of piperidine rings is 1. The molecule has 0 bridgehead atoms. The van der Waals surface area contributed by atoms with Crippen molar-refractivity contribution in [1.29, 1.82) is 0 Å². The molecule has 3 heterocycles. The maximum atomic E-state index is 12.4. The number of nitrogens with zero attached hydrogens (tertiary/aromatic N) is 4. The Labute approximate surface area is 133 Å². The van der Waals surface area contributed by atoms with E-state index in [1.54, 1.807) is 31.5 Å². The first kappa shape index (κ1) is 15.5. The van der Waals surface area contributed by atoms with E-state index in [-0.39, 0.29) is 12.5 Å². The fraction of sp³-hybridized carbons (Fsp3) is 0.375. The van der Waals surface area contributed by atoms with Crippen LogP contribution in [0, 0.1) is 0 Å². The summed E-state index contributed by atoms with van der Waals surface area (Å²) < 4.78 is 0. The normalized spacial score (nSPS) is 24.5. The summed E-state index contributed by atoms with van der Waals surface area (Å²) >= 11 is 0. The number of carbonyl (C=O) groups excluding carboxylic acids is 1. The third kappa shape index (κ3) is 3.20. The van der Waals surface area contributed by atoms with Crippen LogP contribution < -0.4 is 0 Å². The molecule has 23 heavy (non-hydrogen) atoms. The molecule has 7 nitrogen and oxygen atoms in total. The molecule has 0 aromatic carbocycles. The fourth-order valence-corrected chi connectivity index (χ4v) is 2.48. The van der Waals surface area contributed by atoms with Gasteiger partial charge in [0, 0.05) is 43.4 Å². The molecule has 0 radical (unpaired) electrons. The molecule has 120 valence electrons. The van der Waals surface area contributed by atoms with Gasteiger partial charge < -0.3 is 15.1 Å². The van der Waals surface area contributed by atoms with Gasteiger partial charge >= 0.3 is 0 Å². The van der Waals surface area contributed by atoms with Crippen LogP contribution in [0.15, 0.2) is 36.9 Å². The lowest BCUT2D eigenvalue weighted by molar-refractivity contribution is -0.0999. The van der Waals surface area contributed by atoms with Gasteiger partial charge in [-0.05, 0) is 25.5 Å². The molecule has 2 aromatic heterocycles. The van der Waals surface area contributed by atoms with E-state index >= 15 is 0 Å². The number of carbonyl (C=O) groups is 1. The number of aliphatic hydroxyl groups excluding tert-OH is 1. The smallest absolute Gasteiger partial charge is 0.257 e. The number of β-amino-alcohol motifs (C(OH)–C–C–N with tert-alkyl or cyclic N) is 1. The molecule has 0 spiro atoms. The van der Waals surface area contributed by atoms with Crippen molar-refractivity contribution in [2.24, 2.45) is 0 Å². The van der Waals surface area contributed by atoms with E-state index in [0.29, 0.717) is 24.4 Å². The number of aromatic nitrogens is 3. The second-order valence-electron chi connectivity index (χ2n) is 5.91. The number of hydrogen-bond acceptors (Lipinski definition) is 6. The van der Waals surface area contributed by atoms with Gasteiger partial charge in [-0.15, -0.1) is 0 Å². The zero-order chi connectivity index (χ0) is 16.4. The fourth-order valence-electron chi connectivity index (χ4n) is 2.48. The predicted molar refractivity (Wildman–Crippen MR) is 82.4 cm³/mol. The maximum absolute atomic E-state index is 12.4. The molecule has 2 N–H and O–H groups in total. The molecule has 1 fully saturated rings. The van der Waals surface area contributed by atoms with Crippen LogP contribution >= 0.6 is 0 Å². The molecular weight excluding hydrogens is 296 g/mol. The van der Waals surface area contributed by atoms with Crippen molar-refractivity contribution in [3.8, 4) is 11.4 Å². The Bertz CT molecular complexity index is 688. The van der Waals surface area contributed by atoms with E-state index in [0.717, 1.165) is 5.56 Å². The molecule has 0 aliphatic carbocycles. The minimum Gasteiger partial charge on any atom is -0.388 e. The number of aliphatic hydroxyl groups is 2. The molecule has 0 saturated carbocycles. The van der Waals surface area contributed by atoms with Gasteiger partial charge in [-0.25, -0.2) is 9.97 Å². The van der Waals surface area contributed by atoms with Gasteiger partial charge in [0.15, 0.2) is 5.82 Å². The van der Waals surface area contributed by atoms with E-state index in [9.17, 15) is 15.0 Å². The van der Waals surface area contributed by atoms with E-state index < -0.39 is 11.7 Å². The van der Waals surface area contributed by atoms with Crippen LogP contribution in [0.3, 0.4) is 0 Å². The summed E-state index contributed by atoms with van der Waals surface area (Å²) in [6.45, 7) is 2.05. The summed E-state index contributed by atoms with van der Waals surface area (Å²) in [4.78, 5) is 26.3. The van der Waals surface area contributed by atoms with Crippen LogP contribution in [0.2, 0.25) is 0 Å². The van der Waals surface area contributed by atoms with Crippen molar-refractivity contribution >= 4 is 5.91 Å². The third-order valence-corrected chi connectivity index (χ3v) is 4.12. The summed E-state index contributed by atoms with van der Waals surface area (Å²) in [5, 5.41) is 19.9. The van der Waals surface area contributed by atoms with E-state index in [2.05, 4.69) is 15.0 Å². The Morgan fingerprint density at radius 3 is 2.57 bits per heavy atom. The first-order valence-corrected chi connectivity index (χ1v) is 7.39. The summed E-state index contributed by atoms with van der Waals surface area (Å²) in [5.74, 6) is 0.270. The minimum atomic E-state index is -1.15. The van der Waals surface area contributed by atoms with Gasteiger partial charge in [-0.2, -0.15) is 0 Å². The highest BCUT2D eigenvalue weighted by molar-refractivity contribution is 5.93. The average Bonchev–Trinajstić information content (AvgIpc) is 2.58. The SMILES string of the molecule is C[C@@]1(O)CCN(C(=O)c2cnc(-c3ccncc3)nc2)C[C@@H]1O.